The number of hydrogen-bond acceptors (Lipinski definition) is 4. The third-order valence-electron chi connectivity index (χ3n) is 3.67. The van der Waals surface area contributed by atoms with Crippen molar-refractivity contribution in [1.29, 1.82) is 0 Å². The Kier molecular flexibility index (Phi) is 5.62. The van der Waals surface area contributed by atoms with Crippen LogP contribution in [0.5, 0.6) is 5.75 Å². The number of methoxy groups -OCH3 is 1. The molecule has 0 saturated carbocycles. The summed E-state index contributed by atoms with van der Waals surface area (Å²) >= 11 is 0. The number of aromatic nitrogens is 1. The summed E-state index contributed by atoms with van der Waals surface area (Å²) in [6, 6.07) is 9.63. The van der Waals surface area contributed by atoms with Crippen LogP contribution in [0.15, 0.2) is 34.9 Å². The molecule has 2 N–H and O–H groups in total. The van der Waals surface area contributed by atoms with Gasteiger partial charge in [-0.3, -0.25) is 10.1 Å². The van der Waals surface area contributed by atoms with E-state index in [1.54, 1.807) is 13.2 Å². The van der Waals surface area contributed by atoms with E-state index in [0.717, 1.165) is 28.5 Å². The third kappa shape index (κ3) is 5.09. The number of ether oxygens (including phenoxy) is 1. The van der Waals surface area contributed by atoms with Gasteiger partial charge in [0.15, 0.2) is 6.54 Å². The molecule has 1 aromatic heterocycles. The summed E-state index contributed by atoms with van der Waals surface area (Å²) in [6.07, 6.45) is 0. The zero-order valence-corrected chi connectivity index (χ0v) is 15.0. The first-order valence-corrected chi connectivity index (χ1v) is 7.99. The van der Waals surface area contributed by atoms with Crippen molar-refractivity contribution >= 4 is 11.8 Å². The average Bonchev–Trinajstić information content (AvgIpc) is 2.96. The molecule has 1 heterocycles. The molecule has 1 aromatic carbocycles. The molecule has 0 spiro atoms. The number of benzene rings is 1. The highest BCUT2D eigenvalue weighted by molar-refractivity contribution is 5.90. The molecule has 0 aliphatic rings. The molecular weight excluding hydrogens is 306 g/mol. The van der Waals surface area contributed by atoms with Crippen molar-refractivity contribution in [2.45, 2.75) is 32.7 Å². The van der Waals surface area contributed by atoms with E-state index < -0.39 is 0 Å². The highest BCUT2D eigenvalue weighted by atomic mass is 16.5. The second kappa shape index (κ2) is 7.49. The first kappa shape index (κ1) is 18.0. The molecule has 1 atom stereocenters. The SMILES string of the molecule is COc1ccc(C[NH+](C)CC(=O)Nc2cc(C(C)(C)C)no2)cc1. The smallest absolute Gasteiger partial charge is 0.281 e. The summed E-state index contributed by atoms with van der Waals surface area (Å²) in [5.74, 6) is 1.12. The fourth-order valence-electron chi connectivity index (χ4n) is 2.30. The first-order chi connectivity index (χ1) is 11.3. The number of anilines is 1. The maximum atomic E-state index is 12.1. The predicted octanol–water partition coefficient (Wildman–Crippen LogP) is 1.63. The Morgan fingerprint density at radius 1 is 1.29 bits per heavy atom. The molecule has 1 unspecified atom stereocenters. The Labute approximate surface area is 142 Å². The van der Waals surface area contributed by atoms with Crippen molar-refractivity contribution in [3.63, 3.8) is 0 Å². The molecular formula is C18H26N3O3+. The lowest BCUT2D eigenvalue weighted by molar-refractivity contribution is -0.885. The van der Waals surface area contributed by atoms with Crippen molar-refractivity contribution < 1.29 is 19.0 Å². The van der Waals surface area contributed by atoms with Crippen LogP contribution in [-0.2, 0) is 16.8 Å². The fourth-order valence-corrected chi connectivity index (χ4v) is 2.30. The number of carbonyl (C=O) groups excluding carboxylic acids is 1. The highest BCUT2D eigenvalue weighted by Crippen LogP contribution is 2.23. The van der Waals surface area contributed by atoms with Crippen LogP contribution in [0.4, 0.5) is 5.88 Å². The van der Waals surface area contributed by atoms with Gasteiger partial charge in [-0.05, 0) is 24.3 Å². The fraction of sp³-hybridized carbons (Fsp3) is 0.444. The average molecular weight is 332 g/mol. The van der Waals surface area contributed by atoms with Gasteiger partial charge in [0.05, 0.1) is 19.9 Å². The largest absolute Gasteiger partial charge is 0.497 e. The van der Waals surface area contributed by atoms with E-state index in [-0.39, 0.29) is 11.3 Å². The first-order valence-electron chi connectivity index (χ1n) is 7.99. The Morgan fingerprint density at radius 3 is 2.50 bits per heavy atom. The Bertz CT molecular complexity index is 672. The molecule has 0 aliphatic carbocycles. The lowest BCUT2D eigenvalue weighted by Gasteiger charge is -2.13. The number of nitrogens with one attached hydrogen (secondary N) is 2. The molecule has 0 fully saturated rings. The van der Waals surface area contributed by atoms with E-state index in [0.29, 0.717) is 12.4 Å². The number of hydrogen-bond donors (Lipinski definition) is 2. The molecule has 0 saturated heterocycles. The summed E-state index contributed by atoms with van der Waals surface area (Å²) in [6.45, 7) is 7.23. The topological polar surface area (TPSA) is 68.8 Å². The van der Waals surface area contributed by atoms with Gasteiger partial charge in [-0.25, -0.2) is 0 Å². The van der Waals surface area contributed by atoms with Gasteiger partial charge in [0, 0.05) is 17.0 Å². The van der Waals surface area contributed by atoms with E-state index >= 15 is 0 Å². The summed E-state index contributed by atoms with van der Waals surface area (Å²) < 4.78 is 10.3. The van der Waals surface area contributed by atoms with Gasteiger partial charge in [-0.2, -0.15) is 0 Å². The number of carbonyl (C=O) groups is 1. The van der Waals surface area contributed by atoms with Gasteiger partial charge in [0.2, 0.25) is 5.88 Å². The summed E-state index contributed by atoms with van der Waals surface area (Å²) in [4.78, 5) is 13.2. The third-order valence-corrected chi connectivity index (χ3v) is 3.67. The molecule has 6 heteroatoms. The van der Waals surface area contributed by atoms with Crippen molar-refractivity contribution in [1.82, 2.24) is 5.16 Å². The van der Waals surface area contributed by atoms with Crippen LogP contribution in [0, 0.1) is 0 Å². The number of likely N-dealkylation sites (N-methyl/N-ethyl adjacent to an activating group) is 1. The Hall–Kier alpha value is -2.34. The summed E-state index contributed by atoms with van der Waals surface area (Å²) in [5, 5.41) is 6.76. The van der Waals surface area contributed by atoms with Crippen LogP contribution in [0.25, 0.3) is 0 Å². The van der Waals surface area contributed by atoms with E-state index in [2.05, 4.69) is 10.5 Å². The van der Waals surface area contributed by atoms with Gasteiger partial charge in [-0.15, -0.1) is 0 Å². The maximum Gasteiger partial charge on any atom is 0.281 e. The highest BCUT2D eigenvalue weighted by Gasteiger charge is 2.20. The maximum absolute atomic E-state index is 12.1. The molecule has 24 heavy (non-hydrogen) atoms. The van der Waals surface area contributed by atoms with Crippen LogP contribution >= 0.6 is 0 Å². The Morgan fingerprint density at radius 2 is 1.96 bits per heavy atom. The summed E-state index contributed by atoms with van der Waals surface area (Å²) in [7, 11) is 3.62. The van der Waals surface area contributed by atoms with Gasteiger partial charge in [-0.1, -0.05) is 25.9 Å². The van der Waals surface area contributed by atoms with Gasteiger partial charge in [0.25, 0.3) is 5.91 Å². The minimum atomic E-state index is -0.108. The molecule has 0 aliphatic heterocycles. The van der Waals surface area contributed by atoms with Crippen LogP contribution in [0.2, 0.25) is 0 Å². The monoisotopic (exact) mass is 332 g/mol. The van der Waals surface area contributed by atoms with E-state index in [1.807, 2.05) is 52.1 Å². The quantitative estimate of drug-likeness (QED) is 0.844. The van der Waals surface area contributed by atoms with Gasteiger partial charge in [0.1, 0.15) is 12.3 Å². The predicted molar refractivity (Wildman–Crippen MR) is 92.3 cm³/mol. The van der Waals surface area contributed by atoms with E-state index in [9.17, 15) is 4.79 Å². The lowest BCUT2D eigenvalue weighted by atomic mass is 9.92. The molecule has 130 valence electrons. The summed E-state index contributed by atoms with van der Waals surface area (Å²) in [5.41, 5.74) is 1.86. The van der Waals surface area contributed by atoms with Gasteiger partial charge < -0.3 is 14.2 Å². The van der Waals surface area contributed by atoms with Crippen LogP contribution in [0.3, 0.4) is 0 Å². The number of quaternary nitrogens is 1. The molecule has 0 radical (unpaired) electrons. The minimum absolute atomic E-state index is 0.0994. The van der Waals surface area contributed by atoms with Crippen molar-refractivity contribution in [3.8, 4) is 5.75 Å². The van der Waals surface area contributed by atoms with E-state index in [1.165, 1.54) is 0 Å². The van der Waals surface area contributed by atoms with Crippen LogP contribution in [-0.4, -0.2) is 31.8 Å². The zero-order chi connectivity index (χ0) is 17.7. The second-order valence-corrected chi connectivity index (χ2v) is 7.03. The standard InChI is InChI=1S/C18H25N3O3/c1-18(2,3)15-10-17(24-20-15)19-16(22)12-21(4)11-13-6-8-14(23-5)9-7-13/h6-10H,11-12H2,1-5H3,(H,19,22)/p+1. The number of rotatable bonds is 6. The minimum Gasteiger partial charge on any atom is -0.497 e. The number of amides is 1. The zero-order valence-electron chi connectivity index (χ0n) is 15.0. The van der Waals surface area contributed by atoms with Gasteiger partial charge >= 0.3 is 0 Å². The Balaban J connectivity index is 1.85. The molecule has 6 nitrogen and oxygen atoms in total. The normalized spacial score (nSPS) is 12.7. The second-order valence-electron chi connectivity index (χ2n) is 7.03. The van der Waals surface area contributed by atoms with Crippen LogP contribution < -0.4 is 15.0 Å². The molecule has 0 bridgehead atoms. The van der Waals surface area contributed by atoms with Crippen LogP contribution in [0.1, 0.15) is 32.0 Å². The van der Waals surface area contributed by atoms with Crippen molar-refractivity contribution in [2.24, 2.45) is 0 Å². The molecule has 1 amide bonds. The molecule has 2 rings (SSSR count). The van der Waals surface area contributed by atoms with Crippen molar-refractivity contribution in [3.05, 3.63) is 41.6 Å². The molecule has 2 aromatic rings. The number of nitrogens with zero attached hydrogens (tertiary/aromatic N) is 1. The van der Waals surface area contributed by atoms with Crippen molar-refractivity contribution in [2.75, 3.05) is 26.0 Å². The van der Waals surface area contributed by atoms with E-state index in [4.69, 9.17) is 9.26 Å². The lowest BCUT2D eigenvalue weighted by Crippen LogP contribution is -3.08.